The molecule has 0 saturated carbocycles. The summed E-state index contributed by atoms with van der Waals surface area (Å²) in [4.78, 5) is 8.83. The molecule has 0 aliphatic carbocycles. The Labute approximate surface area is 274 Å². The maximum absolute atomic E-state index is 5.95. The van der Waals surface area contributed by atoms with Gasteiger partial charge in [-0.15, -0.1) is 20.4 Å². The summed E-state index contributed by atoms with van der Waals surface area (Å²) < 4.78 is 8.64. The Morgan fingerprint density at radius 1 is 0.600 bits per heavy atom. The Hall–Kier alpha value is -5.19. The van der Waals surface area contributed by atoms with Crippen molar-refractivity contribution in [3.63, 3.8) is 0 Å². The summed E-state index contributed by atoms with van der Waals surface area (Å²) in [5, 5.41) is 17.6. The number of hydrogen-bond acceptors (Lipinski definition) is 7. The van der Waals surface area contributed by atoms with E-state index in [0.717, 1.165) is 22.8 Å². The Bertz CT molecular complexity index is 2070. The zero-order valence-corrected chi connectivity index (χ0v) is 26.5. The molecule has 0 unspecified atom stereocenters. The van der Waals surface area contributed by atoms with Crippen LogP contribution in [0.25, 0.3) is 11.6 Å². The lowest BCUT2D eigenvalue weighted by Crippen LogP contribution is -2.00. The first-order chi connectivity index (χ1) is 21.8. The van der Waals surface area contributed by atoms with E-state index >= 15 is 0 Å². The molecule has 6 aromatic rings. The first-order valence-electron chi connectivity index (χ1n) is 13.3. The smallest absolute Gasteiger partial charge is 0.233 e. The molecule has 2 aromatic carbocycles. The minimum absolute atomic E-state index is 0.350. The number of halogens is 3. The van der Waals surface area contributed by atoms with Crippen LogP contribution < -0.4 is 4.74 Å². The minimum atomic E-state index is 0.350. The fourth-order valence-corrected chi connectivity index (χ4v) is 4.40. The predicted molar refractivity (Wildman–Crippen MR) is 174 cm³/mol. The van der Waals surface area contributed by atoms with E-state index < -0.39 is 0 Å². The van der Waals surface area contributed by atoms with Gasteiger partial charge in [0.15, 0.2) is 16.8 Å². The number of benzene rings is 2. The van der Waals surface area contributed by atoms with Gasteiger partial charge < -0.3 is 4.74 Å². The van der Waals surface area contributed by atoms with Crippen molar-refractivity contribution < 1.29 is 4.74 Å². The third-order valence-electron chi connectivity index (χ3n) is 6.03. The topological polar surface area (TPSA) is 96.4 Å². The summed E-state index contributed by atoms with van der Waals surface area (Å²) in [7, 11) is 1.55. The summed E-state index contributed by atoms with van der Waals surface area (Å²) in [5.74, 6) is 15.4. The molecule has 0 bridgehead atoms. The van der Waals surface area contributed by atoms with Gasteiger partial charge in [-0.05, 0) is 80.3 Å². The van der Waals surface area contributed by atoms with Gasteiger partial charge in [-0.2, -0.15) is 0 Å². The van der Waals surface area contributed by atoms with Gasteiger partial charge in [0.05, 0.1) is 7.11 Å². The molecule has 222 valence electrons. The molecule has 0 aliphatic heterocycles. The lowest BCUT2D eigenvalue weighted by Gasteiger charge is -2.02. The van der Waals surface area contributed by atoms with E-state index in [1.54, 1.807) is 25.3 Å². The Kier molecular flexibility index (Phi) is 10.1. The van der Waals surface area contributed by atoms with Gasteiger partial charge >= 0.3 is 0 Å². The molecule has 12 heteroatoms. The molecule has 9 nitrogen and oxygen atoms in total. The van der Waals surface area contributed by atoms with Gasteiger partial charge in [-0.25, -0.2) is 9.97 Å². The number of methoxy groups -OCH3 is 1. The molecule has 45 heavy (non-hydrogen) atoms. The van der Waals surface area contributed by atoms with Crippen LogP contribution >= 0.6 is 34.8 Å². The quantitative estimate of drug-likeness (QED) is 0.196. The molecule has 0 amide bonds. The zero-order valence-electron chi connectivity index (χ0n) is 24.2. The Balaban J connectivity index is 0.000000178. The summed E-state index contributed by atoms with van der Waals surface area (Å²) >= 11 is 17.6. The van der Waals surface area contributed by atoms with Crippen LogP contribution in [0, 0.1) is 37.5 Å². The zero-order chi connectivity index (χ0) is 31.8. The second-order valence-corrected chi connectivity index (χ2v) is 10.5. The van der Waals surface area contributed by atoms with Gasteiger partial charge in [-0.3, -0.25) is 9.13 Å². The maximum atomic E-state index is 5.95. The van der Waals surface area contributed by atoms with E-state index in [4.69, 9.17) is 39.5 Å². The first kappa shape index (κ1) is 31.2. The van der Waals surface area contributed by atoms with E-state index in [2.05, 4.69) is 54.0 Å². The van der Waals surface area contributed by atoms with Gasteiger partial charge in [-0.1, -0.05) is 58.8 Å². The Morgan fingerprint density at radius 3 is 1.53 bits per heavy atom. The third kappa shape index (κ3) is 8.47. The monoisotopic (exact) mass is 652 g/mol. The van der Waals surface area contributed by atoms with Crippen LogP contribution in [0.1, 0.15) is 34.2 Å². The van der Waals surface area contributed by atoms with Crippen molar-refractivity contribution in [2.45, 2.75) is 13.8 Å². The standard InChI is InChI=1S/C17H13ClN4O.C16H10Cl2N4/c1-12-19-15(7-6-13-4-3-5-14(18)10-13)11-22(12)16-8-9-17(23-2)21-20-16;1-11-19-14(6-5-12-3-2-4-13(17)9-12)10-22(11)16-8-7-15(18)20-21-16/h3-5,8-11H,1-2H3;2-4,7-10H,1H3. The first-order valence-corrected chi connectivity index (χ1v) is 14.5. The summed E-state index contributed by atoms with van der Waals surface area (Å²) in [6.07, 6.45) is 3.63. The molecule has 4 aromatic heterocycles. The van der Waals surface area contributed by atoms with Crippen molar-refractivity contribution >= 4 is 34.8 Å². The average Bonchev–Trinajstić information content (AvgIpc) is 3.61. The normalized spacial score (nSPS) is 10.1. The summed E-state index contributed by atoms with van der Waals surface area (Å²) in [6, 6.07) is 21.8. The molecule has 0 aliphatic rings. The molecular weight excluding hydrogens is 631 g/mol. The van der Waals surface area contributed by atoms with Crippen molar-refractivity contribution in [3.8, 4) is 41.2 Å². The van der Waals surface area contributed by atoms with Crippen LogP contribution in [-0.2, 0) is 0 Å². The number of nitrogens with zero attached hydrogens (tertiary/aromatic N) is 8. The van der Waals surface area contributed by atoms with Crippen LogP contribution in [0.15, 0.2) is 85.2 Å². The summed E-state index contributed by atoms with van der Waals surface area (Å²) in [6.45, 7) is 3.76. The van der Waals surface area contributed by atoms with E-state index in [-0.39, 0.29) is 0 Å². The SMILES string of the molecule is COc1ccc(-n2cc(C#Cc3cccc(Cl)c3)nc2C)nn1.Cc1nc(C#Cc2cccc(Cl)c2)cn1-c1ccc(Cl)nn1. The molecule has 0 N–H and O–H groups in total. The second-order valence-electron chi connectivity index (χ2n) is 9.26. The minimum Gasteiger partial charge on any atom is -0.480 e. The van der Waals surface area contributed by atoms with Gasteiger partial charge in [0.25, 0.3) is 0 Å². The van der Waals surface area contributed by atoms with E-state index in [0.29, 0.717) is 44.1 Å². The predicted octanol–water partition coefficient (Wildman–Crippen LogP) is 6.71. The summed E-state index contributed by atoms with van der Waals surface area (Å²) in [5.41, 5.74) is 2.98. The highest BCUT2D eigenvalue weighted by Crippen LogP contribution is 2.14. The van der Waals surface area contributed by atoms with E-state index in [1.165, 1.54) is 0 Å². The maximum Gasteiger partial charge on any atom is 0.233 e. The van der Waals surface area contributed by atoms with Crippen LogP contribution in [0.3, 0.4) is 0 Å². The highest BCUT2D eigenvalue weighted by molar-refractivity contribution is 6.31. The molecule has 0 spiro atoms. The molecule has 0 radical (unpaired) electrons. The van der Waals surface area contributed by atoms with Crippen molar-refractivity contribution in [1.29, 1.82) is 0 Å². The van der Waals surface area contributed by atoms with Gasteiger partial charge in [0.2, 0.25) is 5.88 Å². The van der Waals surface area contributed by atoms with Crippen LogP contribution in [0.5, 0.6) is 5.88 Å². The number of ether oxygens (including phenoxy) is 1. The highest BCUT2D eigenvalue weighted by atomic mass is 35.5. The van der Waals surface area contributed by atoms with Gasteiger partial charge in [0, 0.05) is 39.6 Å². The highest BCUT2D eigenvalue weighted by Gasteiger charge is 2.08. The number of hydrogen-bond donors (Lipinski definition) is 0. The molecule has 0 saturated heterocycles. The van der Waals surface area contributed by atoms with Crippen molar-refractivity contribution in [3.05, 3.63) is 135 Å². The van der Waals surface area contributed by atoms with E-state index in [1.807, 2.05) is 90.0 Å². The molecule has 0 fully saturated rings. The van der Waals surface area contributed by atoms with Crippen molar-refractivity contribution in [1.82, 2.24) is 39.5 Å². The van der Waals surface area contributed by atoms with Crippen LogP contribution in [0.4, 0.5) is 0 Å². The number of imidazole rings is 2. The van der Waals surface area contributed by atoms with E-state index in [9.17, 15) is 0 Å². The average molecular weight is 654 g/mol. The molecule has 6 rings (SSSR count). The lowest BCUT2D eigenvalue weighted by atomic mass is 10.2. The number of aryl methyl sites for hydroxylation is 2. The molecule has 0 atom stereocenters. The lowest BCUT2D eigenvalue weighted by molar-refractivity contribution is 0.391. The Morgan fingerprint density at radius 2 is 1.11 bits per heavy atom. The number of rotatable bonds is 3. The van der Waals surface area contributed by atoms with Crippen molar-refractivity contribution in [2.75, 3.05) is 7.11 Å². The fourth-order valence-electron chi connectivity index (χ4n) is 3.92. The van der Waals surface area contributed by atoms with Gasteiger partial charge in [0.1, 0.15) is 23.0 Å². The second kappa shape index (κ2) is 14.5. The molecular formula is C33H23Cl3N8O. The largest absolute Gasteiger partial charge is 0.480 e. The van der Waals surface area contributed by atoms with Crippen molar-refractivity contribution in [2.24, 2.45) is 0 Å². The fraction of sp³-hybridized carbons (Fsp3) is 0.0909. The molecule has 4 heterocycles. The van der Waals surface area contributed by atoms with Crippen LogP contribution in [0.2, 0.25) is 15.2 Å². The number of aromatic nitrogens is 8. The third-order valence-corrected chi connectivity index (χ3v) is 6.70. The van der Waals surface area contributed by atoms with Crippen LogP contribution in [-0.4, -0.2) is 46.6 Å².